The molecule has 2 N–H and O–H groups in total. The van der Waals surface area contributed by atoms with Crippen molar-refractivity contribution in [3.63, 3.8) is 0 Å². The fraction of sp³-hybridized carbons (Fsp3) is 0.214. The fourth-order valence-corrected chi connectivity index (χ4v) is 2.96. The van der Waals surface area contributed by atoms with Crippen molar-refractivity contribution in [2.75, 3.05) is 12.4 Å². The third-order valence-electron chi connectivity index (χ3n) is 3.01. The Labute approximate surface area is 135 Å². The Morgan fingerprint density at radius 3 is 3.05 bits per heavy atom. The number of benzene rings is 1. The van der Waals surface area contributed by atoms with E-state index in [9.17, 15) is 4.79 Å². The van der Waals surface area contributed by atoms with Crippen LogP contribution in [-0.2, 0) is 0 Å². The van der Waals surface area contributed by atoms with Crippen LogP contribution < -0.4 is 5.56 Å². The van der Waals surface area contributed by atoms with E-state index in [1.54, 1.807) is 16.8 Å². The number of aliphatic hydroxyl groups is 1. The van der Waals surface area contributed by atoms with Gasteiger partial charge >= 0.3 is 0 Å². The molecular weight excluding hydrogens is 324 g/mol. The van der Waals surface area contributed by atoms with Gasteiger partial charge in [-0.05, 0) is 24.6 Å². The molecule has 1 aromatic carbocycles. The van der Waals surface area contributed by atoms with Crippen LogP contribution in [0.1, 0.15) is 6.42 Å². The Bertz CT molecular complexity index is 861. The highest BCUT2D eigenvalue weighted by atomic mass is 35.5. The number of rotatable bonds is 5. The first-order valence-electron chi connectivity index (χ1n) is 6.66. The maximum atomic E-state index is 12.1. The average Bonchev–Trinajstić information content (AvgIpc) is 2.92. The summed E-state index contributed by atoms with van der Waals surface area (Å²) in [6.45, 7) is 0.111. The lowest BCUT2D eigenvalue weighted by Crippen LogP contribution is -2.10. The summed E-state index contributed by atoms with van der Waals surface area (Å²) in [6, 6.07) is 7.19. The van der Waals surface area contributed by atoms with Gasteiger partial charge in [0.15, 0.2) is 10.8 Å². The molecule has 114 valence electrons. The van der Waals surface area contributed by atoms with Crippen molar-refractivity contribution in [1.82, 2.24) is 19.7 Å². The molecule has 0 aliphatic carbocycles. The van der Waals surface area contributed by atoms with Crippen molar-refractivity contribution in [2.24, 2.45) is 0 Å². The highest BCUT2D eigenvalue weighted by molar-refractivity contribution is 7.99. The third kappa shape index (κ3) is 3.01. The van der Waals surface area contributed by atoms with Crippen LogP contribution in [0.4, 0.5) is 0 Å². The van der Waals surface area contributed by atoms with E-state index < -0.39 is 0 Å². The second-order valence-electron chi connectivity index (χ2n) is 4.57. The molecule has 0 unspecified atom stereocenters. The molecular formula is C14H13ClN4O2S. The van der Waals surface area contributed by atoms with Gasteiger partial charge in [0.1, 0.15) is 5.39 Å². The molecule has 0 aliphatic heterocycles. The second kappa shape index (κ2) is 6.51. The Hall–Kier alpha value is -1.83. The lowest BCUT2D eigenvalue weighted by atomic mass is 10.3. The number of thioether (sulfide) groups is 1. The molecule has 0 saturated heterocycles. The van der Waals surface area contributed by atoms with Crippen molar-refractivity contribution < 1.29 is 5.11 Å². The van der Waals surface area contributed by atoms with Crippen molar-refractivity contribution in [3.8, 4) is 5.69 Å². The van der Waals surface area contributed by atoms with E-state index in [1.165, 1.54) is 18.0 Å². The molecule has 0 aliphatic rings. The fourth-order valence-electron chi connectivity index (χ4n) is 2.00. The molecule has 22 heavy (non-hydrogen) atoms. The molecule has 8 heteroatoms. The van der Waals surface area contributed by atoms with E-state index in [-0.39, 0.29) is 12.2 Å². The number of hydrogen-bond acceptors (Lipinski definition) is 5. The van der Waals surface area contributed by atoms with Crippen LogP contribution in [0.3, 0.4) is 0 Å². The van der Waals surface area contributed by atoms with E-state index in [0.717, 1.165) is 5.69 Å². The smallest absolute Gasteiger partial charge is 0.262 e. The molecule has 2 aromatic heterocycles. The minimum Gasteiger partial charge on any atom is -0.396 e. The van der Waals surface area contributed by atoms with Crippen LogP contribution in [0.15, 0.2) is 40.4 Å². The summed E-state index contributed by atoms with van der Waals surface area (Å²) in [5.74, 6) is 0.677. The molecule has 0 bridgehead atoms. The molecule has 0 radical (unpaired) electrons. The maximum Gasteiger partial charge on any atom is 0.262 e. The van der Waals surface area contributed by atoms with Gasteiger partial charge in [-0.3, -0.25) is 4.79 Å². The number of aliphatic hydroxyl groups excluding tert-OH is 1. The monoisotopic (exact) mass is 336 g/mol. The number of fused-ring (bicyclic) bond motifs is 1. The zero-order chi connectivity index (χ0) is 15.5. The van der Waals surface area contributed by atoms with Crippen LogP contribution in [0, 0.1) is 0 Å². The van der Waals surface area contributed by atoms with Crippen LogP contribution in [0.2, 0.25) is 5.02 Å². The molecule has 0 fully saturated rings. The Kier molecular flexibility index (Phi) is 4.47. The maximum absolute atomic E-state index is 12.1. The molecule has 3 aromatic rings. The summed E-state index contributed by atoms with van der Waals surface area (Å²) < 4.78 is 1.59. The van der Waals surface area contributed by atoms with E-state index in [2.05, 4.69) is 15.1 Å². The highest BCUT2D eigenvalue weighted by Crippen LogP contribution is 2.20. The first-order chi connectivity index (χ1) is 10.7. The number of nitrogens with zero attached hydrogens (tertiary/aromatic N) is 3. The number of hydrogen-bond donors (Lipinski definition) is 2. The van der Waals surface area contributed by atoms with E-state index in [0.29, 0.717) is 33.4 Å². The number of aromatic nitrogens is 4. The van der Waals surface area contributed by atoms with Crippen LogP contribution in [0.25, 0.3) is 16.7 Å². The molecule has 0 atom stereocenters. The summed E-state index contributed by atoms with van der Waals surface area (Å²) in [4.78, 5) is 19.3. The number of nitrogens with one attached hydrogen (secondary N) is 1. The van der Waals surface area contributed by atoms with Gasteiger partial charge in [0, 0.05) is 17.4 Å². The van der Waals surface area contributed by atoms with Gasteiger partial charge in [0.2, 0.25) is 0 Å². The van der Waals surface area contributed by atoms with Crippen LogP contribution >= 0.6 is 23.4 Å². The molecule has 0 amide bonds. The molecule has 3 rings (SSSR count). The Balaban J connectivity index is 2.06. The standard InChI is InChI=1S/C14H13ClN4O2S/c15-9-3-1-4-10(7-9)19-12-11(8-16-19)13(21)18-14(17-12)22-6-2-5-20/h1,3-4,7-8,20H,2,5-6H2,(H,17,18,21). The van der Waals surface area contributed by atoms with Crippen molar-refractivity contribution in [2.45, 2.75) is 11.6 Å². The first-order valence-corrected chi connectivity index (χ1v) is 8.03. The van der Waals surface area contributed by atoms with Gasteiger partial charge in [-0.15, -0.1) is 0 Å². The average molecular weight is 337 g/mol. The quantitative estimate of drug-likeness (QED) is 0.424. The summed E-state index contributed by atoms with van der Waals surface area (Å²) in [5.41, 5.74) is 0.995. The predicted octanol–water partition coefficient (Wildman–Crippen LogP) is 2.24. The van der Waals surface area contributed by atoms with Gasteiger partial charge < -0.3 is 10.1 Å². The number of halogens is 1. The third-order valence-corrected chi connectivity index (χ3v) is 4.21. The van der Waals surface area contributed by atoms with Gasteiger partial charge in [-0.25, -0.2) is 9.67 Å². The lowest BCUT2D eigenvalue weighted by Gasteiger charge is -2.04. The molecule has 6 nitrogen and oxygen atoms in total. The number of aromatic amines is 1. The van der Waals surface area contributed by atoms with Gasteiger partial charge in [-0.2, -0.15) is 5.10 Å². The highest BCUT2D eigenvalue weighted by Gasteiger charge is 2.12. The summed E-state index contributed by atoms with van der Waals surface area (Å²) in [5, 5.41) is 14.6. The zero-order valence-electron chi connectivity index (χ0n) is 11.5. The SMILES string of the molecule is O=c1[nH]c(SCCCO)nc2c1cnn2-c1cccc(Cl)c1. The summed E-state index contributed by atoms with van der Waals surface area (Å²) >= 11 is 7.39. The number of H-pyrrole nitrogens is 1. The van der Waals surface area contributed by atoms with Crippen LogP contribution in [0.5, 0.6) is 0 Å². The second-order valence-corrected chi connectivity index (χ2v) is 6.09. The minimum absolute atomic E-state index is 0.111. The molecule has 2 heterocycles. The molecule has 0 saturated carbocycles. The lowest BCUT2D eigenvalue weighted by molar-refractivity contribution is 0.296. The van der Waals surface area contributed by atoms with E-state index in [1.807, 2.05) is 12.1 Å². The summed E-state index contributed by atoms with van der Waals surface area (Å²) in [6.07, 6.45) is 2.13. The minimum atomic E-state index is -0.232. The van der Waals surface area contributed by atoms with Crippen molar-refractivity contribution >= 4 is 34.4 Å². The normalized spacial score (nSPS) is 11.2. The summed E-state index contributed by atoms with van der Waals surface area (Å²) in [7, 11) is 0. The topological polar surface area (TPSA) is 83.8 Å². The Morgan fingerprint density at radius 1 is 1.41 bits per heavy atom. The van der Waals surface area contributed by atoms with Crippen molar-refractivity contribution in [3.05, 3.63) is 45.8 Å². The zero-order valence-corrected chi connectivity index (χ0v) is 13.1. The van der Waals surface area contributed by atoms with Gasteiger partial charge in [0.05, 0.1) is 11.9 Å². The predicted molar refractivity (Wildman–Crippen MR) is 86.9 cm³/mol. The van der Waals surface area contributed by atoms with Gasteiger partial charge in [-0.1, -0.05) is 29.4 Å². The van der Waals surface area contributed by atoms with E-state index in [4.69, 9.17) is 16.7 Å². The van der Waals surface area contributed by atoms with Crippen LogP contribution in [-0.4, -0.2) is 37.2 Å². The molecule has 0 spiro atoms. The largest absolute Gasteiger partial charge is 0.396 e. The van der Waals surface area contributed by atoms with Crippen molar-refractivity contribution in [1.29, 1.82) is 0 Å². The first kappa shape index (κ1) is 15.1. The van der Waals surface area contributed by atoms with E-state index >= 15 is 0 Å². The van der Waals surface area contributed by atoms with Gasteiger partial charge in [0.25, 0.3) is 5.56 Å². The Morgan fingerprint density at radius 2 is 2.27 bits per heavy atom.